The number of benzene rings is 1. The summed E-state index contributed by atoms with van der Waals surface area (Å²) in [5, 5.41) is -0.224. The summed E-state index contributed by atoms with van der Waals surface area (Å²) in [4.78, 5) is 4.65. The number of imidazole rings is 1. The van der Waals surface area contributed by atoms with Crippen LogP contribution in [0.1, 0.15) is 37.9 Å². The fourth-order valence-electron chi connectivity index (χ4n) is 2.96. The minimum Gasteiger partial charge on any atom is -0.381 e. The summed E-state index contributed by atoms with van der Waals surface area (Å²) in [5.74, 6) is 0.589. The highest BCUT2D eigenvalue weighted by Gasteiger charge is 2.34. The van der Waals surface area contributed by atoms with E-state index in [9.17, 15) is 4.39 Å². The summed E-state index contributed by atoms with van der Waals surface area (Å²) >= 11 is 8.32. The van der Waals surface area contributed by atoms with Crippen LogP contribution in [0.5, 0.6) is 0 Å². The van der Waals surface area contributed by atoms with Crippen LogP contribution in [0, 0.1) is 9.39 Å². The molecule has 1 atom stereocenters. The molecule has 1 aromatic carbocycles. The molecule has 1 aromatic heterocycles. The molecule has 0 spiro atoms. The predicted molar refractivity (Wildman–Crippen MR) is 90.4 cm³/mol. The maximum atomic E-state index is 14.0. The van der Waals surface area contributed by atoms with E-state index in [2.05, 4.69) is 16.5 Å². The van der Waals surface area contributed by atoms with Gasteiger partial charge in [-0.1, -0.05) is 0 Å². The molecule has 2 heterocycles. The maximum Gasteiger partial charge on any atom is 0.138 e. The molecule has 21 heavy (non-hydrogen) atoms. The van der Waals surface area contributed by atoms with Gasteiger partial charge in [0.1, 0.15) is 11.6 Å². The van der Waals surface area contributed by atoms with Crippen molar-refractivity contribution in [2.45, 2.75) is 37.6 Å². The second-order valence-corrected chi connectivity index (χ2v) is 7.60. The Morgan fingerprint density at radius 3 is 2.71 bits per heavy atom. The Kier molecular flexibility index (Phi) is 4.18. The minimum absolute atomic E-state index is 0.134. The van der Waals surface area contributed by atoms with Crippen molar-refractivity contribution in [2.75, 3.05) is 13.2 Å². The van der Waals surface area contributed by atoms with Gasteiger partial charge in [-0.05, 0) is 55.3 Å². The van der Waals surface area contributed by atoms with E-state index < -0.39 is 0 Å². The van der Waals surface area contributed by atoms with Gasteiger partial charge < -0.3 is 9.30 Å². The van der Waals surface area contributed by atoms with E-state index in [1.54, 1.807) is 12.1 Å². The van der Waals surface area contributed by atoms with Gasteiger partial charge >= 0.3 is 0 Å². The van der Waals surface area contributed by atoms with E-state index in [0.29, 0.717) is 16.8 Å². The molecule has 0 saturated carbocycles. The van der Waals surface area contributed by atoms with Crippen LogP contribution in [-0.2, 0) is 10.3 Å². The number of fused-ring (bicyclic) bond motifs is 1. The zero-order valence-electron chi connectivity index (χ0n) is 12.0. The number of halogens is 3. The van der Waals surface area contributed by atoms with E-state index >= 15 is 0 Å². The van der Waals surface area contributed by atoms with Gasteiger partial charge in [-0.25, -0.2) is 9.37 Å². The normalized spacial score (nSPS) is 19.9. The molecular formula is C15H17ClFIN2O. The van der Waals surface area contributed by atoms with Gasteiger partial charge in [-0.2, -0.15) is 0 Å². The Morgan fingerprint density at radius 2 is 2.10 bits per heavy atom. The molecule has 0 radical (unpaired) electrons. The second-order valence-electron chi connectivity index (χ2n) is 5.79. The van der Waals surface area contributed by atoms with Gasteiger partial charge in [-0.15, -0.1) is 11.6 Å². The third-order valence-electron chi connectivity index (χ3n) is 4.19. The van der Waals surface area contributed by atoms with Crippen molar-refractivity contribution in [1.29, 1.82) is 0 Å². The number of alkyl halides is 1. The molecule has 0 bridgehead atoms. The minimum atomic E-state index is -0.224. The van der Waals surface area contributed by atoms with Crippen molar-refractivity contribution in [2.24, 2.45) is 0 Å². The molecule has 1 saturated heterocycles. The maximum absolute atomic E-state index is 14.0. The molecular weight excluding hydrogens is 406 g/mol. The second kappa shape index (κ2) is 5.66. The molecule has 1 aliphatic heterocycles. The van der Waals surface area contributed by atoms with Gasteiger partial charge in [0.15, 0.2) is 0 Å². The molecule has 0 aliphatic carbocycles. The molecule has 1 fully saturated rings. The first-order chi connectivity index (χ1) is 9.92. The molecule has 114 valence electrons. The first-order valence-electron chi connectivity index (χ1n) is 7.02. The Labute approximate surface area is 142 Å². The fourth-order valence-corrected chi connectivity index (χ4v) is 3.56. The van der Waals surface area contributed by atoms with Crippen LogP contribution in [0.3, 0.4) is 0 Å². The summed E-state index contributed by atoms with van der Waals surface area (Å²) < 4.78 is 22.2. The molecule has 1 aliphatic rings. The zero-order valence-corrected chi connectivity index (χ0v) is 14.9. The predicted octanol–water partition coefficient (Wildman–Crippen LogP) is 4.61. The summed E-state index contributed by atoms with van der Waals surface area (Å²) in [6.07, 6.45) is 1.76. The third kappa shape index (κ3) is 2.68. The summed E-state index contributed by atoms with van der Waals surface area (Å²) in [6.45, 7) is 5.50. The van der Waals surface area contributed by atoms with Gasteiger partial charge in [0.25, 0.3) is 0 Å². The Balaban J connectivity index is 2.27. The molecule has 0 N–H and O–H groups in total. The van der Waals surface area contributed by atoms with Crippen LogP contribution in [0.4, 0.5) is 4.39 Å². The van der Waals surface area contributed by atoms with Crippen LogP contribution in [0.25, 0.3) is 11.0 Å². The lowest BCUT2D eigenvalue weighted by Gasteiger charge is -2.37. The first kappa shape index (κ1) is 15.5. The highest BCUT2D eigenvalue weighted by Crippen LogP contribution is 2.37. The van der Waals surface area contributed by atoms with E-state index in [-0.39, 0.29) is 16.7 Å². The van der Waals surface area contributed by atoms with E-state index in [4.69, 9.17) is 16.3 Å². The Hall–Kier alpha value is -0.400. The molecule has 3 nitrogen and oxygen atoms in total. The highest BCUT2D eigenvalue weighted by molar-refractivity contribution is 14.1. The largest absolute Gasteiger partial charge is 0.381 e. The van der Waals surface area contributed by atoms with Crippen LogP contribution >= 0.6 is 34.2 Å². The Bertz CT molecular complexity index is 680. The highest BCUT2D eigenvalue weighted by atomic mass is 127. The van der Waals surface area contributed by atoms with Crippen LogP contribution < -0.4 is 0 Å². The number of hydrogen-bond acceptors (Lipinski definition) is 2. The molecule has 2 aromatic rings. The lowest BCUT2D eigenvalue weighted by molar-refractivity contribution is 0.0300. The topological polar surface area (TPSA) is 27.1 Å². The van der Waals surface area contributed by atoms with Crippen molar-refractivity contribution in [3.05, 3.63) is 27.3 Å². The summed E-state index contributed by atoms with van der Waals surface area (Å²) in [7, 11) is 0. The summed E-state index contributed by atoms with van der Waals surface area (Å²) in [6, 6.07) is 3.36. The molecule has 3 rings (SSSR count). The van der Waals surface area contributed by atoms with Crippen LogP contribution in [-0.4, -0.2) is 22.8 Å². The quantitative estimate of drug-likeness (QED) is 0.522. The van der Waals surface area contributed by atoms with Crippen molar-refractivity contribution in [1.82, 2.24) is 9.55 Å². The average Bonchev–Trinajstić information content (AvgIpc) is 2.79. The number of rotatable bonds is 2. The third-order valence-corrected chi connectivity index (χ3v) is 5.21. The van der Waals surface area contributed by atoms with Gasteiger partial charge in [-0.3, -0.25) is 0 Å². The monoisotopic (exact) mass is 422 g/mol. The number of aromatic nitrogens is 2. The van der Waals surface area contributed by atoms with E-state index in [1.807, 2.05) is 29.5 Å². The zero-order chi connectivity index (χ0) is 15.2. The lowest BCUT2D eigenvalue weighted by Crippen LogP contribution is -2.37. The fraction of sp³-hybridized carbons (Fsp3) is 0.533. The standard InChI is InChI=1S/C15H17ClFIN2O/c1-9(16)14-19-12-8-11(18)10(17)7-13(12)20(14)15(2)3-5-21-6-4-15/h7-9H,3-6H2,1-2H3. The summed E-state index contributed by atoms with van der Waals surface area (Å²) in [5.41, 5.74) is 1.49. The SMILES string of the molecule is CC(Cl)c1nc2cc(I)c(F)cc2n1C1(C)CCOCC1. The van der Waals surface area contributed by atoms with Crippen LogP contribution in [0.2, 0.25) is 0 Å². The Morgan fingerprint density at radius 1 is 1.43 bits per heavy atom. The lowest BCUT2D eigenvalue weighted by atomic mass is 9.91. The number of hydrogen-bond donors (Lipinski definition) is 0. The number of ether oxygens (including phenoxy) is 1. The van der Waals surface area contributed by atoms with Crippen molar-refractivity contribution in [3.8, 4) is 0 Å². The van der Waals surface area contributed by atoms with E-state index in [1.165, 1.54) is 0 Å². The molecule has 0 amide bonds. The van der Waals surface area contributed by atoms with Gasteiger partial charge in [0, 0.05) is 24.8 Å². The first-order valence-corrected chi connectivity index (χ1v) is 8.53. The molecule has 6 heteroatoms. The van der Waals surface area contributed by atoms with Crippen LogP contribution in [0.15, 0.2) is 12.1 Å². The number of nitrogens with zero attached hydrogens (tertiary/aromatic N) is 2. The van der Waals surface area contributed by atoms with Crippen molar-refractivity contribution < 1.29 is 9.13 Å². The van der Waals surface area contributed by atoms with Crippen molar-refractivity contribution in [3.63, 3.8) is 0 Å². The smallest absolute Gasteiger partial charge is 0.138 e. The van der Waals surface area contributed by atoms with Gasteiger partial charge in [0.2, 0.25) is 0 Å². The van der Waals surface area contributed by atoms with Gasteiger partial charge in [0.05, 0.1) is 20.0 Å². The van der Waals surface area contributed by atoms with Crippen molar-refractivity contribution >= 4 is 45.2 Å². The average molecular weight is 423 g/mol. The van der Waals surface area contributed by atoms with E-state index in [0.717, 1.165) is 29.7 Å². The molecule has 1 unspecified atom stereocenters.